The lowest BCUT2D eigenvalue weighted by Crippen LogP contribution is -2.02. The van der Waals surface area contributed by atoms with E-state index < -0.39 is 0 Å². The first kappa shape index (κ1) is 12.6. The third kappa shape index (κ3) is 2.99. The maximum Gasteiger partial charge on any atom is 0.0475 e. The molecule has 2 aromatic rings. The van der Waals surface area contributed by atoms with Gasteiger partial charge in [-0.05, 0) is 31.5 Å². The molecular formula is C15H21N. The smallest absolute Gasteiger partial charge is 0.0475 e. The predicted octanol–water partition coefficient (Wildman–Crippen LogP) is 4.18. The van der Waals surface area contributed by atoms with Crippen LogP contribution in [-0.2, 0) is 6.54 Å². The third-order valence-electron chi connectivity index (χ3n) is 2.60. The van der Waals surface area contributed by atoms with E-state index in [2.05, 4.69) is 60.9 Å². The first-order valence-electron chi connectivity index (χ1n) is 5.94. The molecule has 0 aliphatic carbocycles. The second-order valence-corrected chi connectivity index (χ2v) is 3.69. The van der Waals surface area contributed by atoms with E-state index in [0.29, 0.717) is 0 Å². The van der Waals surface area contributed by atoms with Crippen molar-refractivity contribution in [1.29, 1.82) is 0 Å². The Labute approximate surface area is 98.7 Å². The van der Waals surface area contributed by atoms with Crippen LogP contribution >= 0.6 is 0 Å². The molecule has 0 aliphatic heterocycles. The van der Waals surface area contributed by atoms with Gasteiger partial charge in [0.25, 0.3) is 0 Å². The van der Waals surface area contributed by atoms with E-state index >= 15 is 0 Å². The van der Waals surface area contributed by atoms with Crippen LogP contribution in [0.1, 0.15) is 30.8 Å². The standard InChI is InChI=1S/C13H15N.C2H6/c1-11-8-9-12(2)14(11)10-13-6-4-3-5-7-13;1-2/h3-9H,10H2,1-2H3;1-2H3. The van der Waals surface area contributed by atoms with Crippen LogP contribution in [0, 0.1) is 13.8 Å². The monoisotopic (exact) mass is 215 g/mol. The Bertz CT molecular complexity index is 393. The summed E-state index contributed by atoms with van der Waals surface area (Å²) >= 11 is 0. The Morgan fingerprint density at radius 1 is 0.812 bits per heavy atom. The van der Waals surface area contributed by atoms with Crippen molar-refractivity contribution in [3.05, 3.63) is 59.4 Å². The molecule has 16 heavy (non-hydrogen) atoms. The Balaban J connectivity index is 0.000000606. The second kappa shape index (κ2) is 6.16. The molecule has 1 aromatic carbocycles. The fourth-order valence-electron chi connectivity index (χ4n) is 1.71. The van der Waals surface area contributed by atoms with Crippen molar-refractivity contribution in [3.63, 3.8) is 0 Å². The van der Waals surface area contributed by atoms with E-state index in [4.69, 9.17) is 0 Å². The van der Waals surface area contributed by atoms with E-state index in [1.807, 2.05) is 13.8 Å². The minimum Gasteiger partial charge on any atom is -0.345 e. The van der Waals surface area contributed by atoms with Gasteiger partial charge < -0.3 is 4.57 Å². The molecule has 0 bridgehead atoms. The molecule has 2 rings (SSSR count). The van der Waals surface area contributed by atoms with Crippen molar-refractivity contribution < 1.29 is 0 Å². The maximum atomic E-state index is 2.33. The van der Waals surface area contributed by atoms with Gasteiger partial charge in [0, 0.05) is 17.9 Å². The Kier molecular flexibility index (Phi) is 4.84. The maximum absolute atomic E-state index is 2.33. The second-order valence-electron chi connectivity index (χ2n) is 3.69. The minimum absolute atomic E-state index is 0.978. The summed E-state index contributed by atoms with van der Waals surface area (Å²) in [4.78, 5) is 0. The molecule has 0 amide bonds. The summed E-state index contributed by atoms with van der Waals surface area (Å²) in [7, 11) is 0. The summed E-state index contributed by atoms with van der Waals surface area (Å²) < 4.78 is 2.33. The highest BCUT2D eigenvalue weighted by Crippen LogP contribution is 2.10. The predicted molar refractivity (Wildman–Crippen MR) is 70.8 cm³/mol. The van der Waals surface area contributed by atoms with E-state index in [1.165, 1.54) is 17.0 Å². The molecule has 0 unspecified atom stereocenters. The summed E-state index contributed by atoms with van der Waals surface area (Å²) in [5.74, 6) is 0. The fourth-order valence-corrected chi connectivity index (χ4v) is 1.71. The van der Waals surface area contributed by atoms with Gasteiger partial charge in [-0.25, -0.2) is 0 Å². The number of hydrogen-bond donors (Lipinski definition) is 0. The van der Waals surface area contributed by atoms with Gasteiger partial charge in [-0.2, -0.15) is 0 Å². The third-order valence-corrected chi connectivity index (χ3v) is 2.60. The molecule has 0 radical (unpaired) electrons. The summed E-state index contributed by atoms with van der Waals surface area (Å²) in [5.41, 5.74) is 4.01. The first-order valence-corrected chi connectivity index (χ1v) is 5.94. The van der Waals surface area contributed by atoms with Crippen LogP contribution < -0.4 is 0 Å². The molecule has 0 aliphatic rings. The molecular weight excluding hydrogens is 194 g/mol. The molecule has 0 saturated carbocycles. The average Bonchev–Trinajstić information content (AvgIpc) is 2.65. The Morgan fingerprint density at radius 2 is 1.31 bits per heavy atom. The molecule has 0 spiro atoms. The fraction of sp³-hybridized carbons (Fsp3) is 0.333. The molecule has 1 heterocycles. The van der Waals surface area contributed by atoms with Gasteiger partial charge >= 0.3 is 0 Å². The van der Waals surface area contributed by atoms with Crippen LogP contribution in [0.25, 0.3) is 0 Å². The van der Waals surface area contributed by atoms with Crippen LogP contribution in [0.3, 0.4) is 0 Å². The number of hydrogen-bond acceptors (Lipinski definition) is 0. The summed E-state index contributed by atoms with van der Waals surface area (Å²) in [6, 6.07) is 14.9. The number of aryl methyl sites for hydroxylation is 2. The number of benzene rings is 1. The van der Waals surface area contributed by atoms with Crippen molar-refractivity contribution >= 4 is 0 Å². The van der Waals surface area contributed by atoms with Gasteiger partial charge in [-0.15, -0.1) is 0 Å². The highest BCUT2D eigenvalue weighted by Gasteiger charge is 2.00. The van der Waals surface area contributed by atoms with Crippen LogP contribution in [0.2, 0.25) is 0 Å². The van der Waals surface area contributed by atoms with Crippen LogP contribution in [0.15, 0.2) is 42.5 Å². The number of nitrogens with zero attached hydrogens (tertiary/aromatic N) is 1. The van der Waals surface area contributed by atoms with Crippen molar-refractivity contribution in [2.75, 3.05) is 0 Å². The number of rotatable bonds is 2. The van der Waals surface area contributed by atoms with E-state index in [-0.39, 0.29) is 0 Å². The largest absolute Gasteiger partial charge is 0.345 e. The van der Waals surface area contributed by atoms with Gasteiger partial charge in [0.2, 0.25) is 0 Å². The SMILES string of the molecule is CC.Cc1ccc(C)n1Cc1ccccc1. The zero-order valence-corrected chi connectivity index (χ0v) is 10.7. The molecule has 1 nitrogen and oxygen atoms in total. The van der Waals surface area contributed by atoms with Crippen molar-refractivity contribution in [3.8, 4) is 0 Å². The molecule has 0 atom stereocenters. The van der Waals surface area contributed by atoms with E-state index in [9.17, 15) is 0 Å². The van der Waals surface area contributed by atoms with Gasteiger partial charge in [0.05, 0.1) is 0 Å². The zero-order valence-electron chi connectivity index (χ0n) is 10.7. The Morgan fingerprint density at radius 3 is 1.81 bits per heavy atom. The van der Waals surface area contributed by atoms with Crippen LogP contribution in [0.4, 0.5) is 0 Å². The average molecular weight is 215 g/mol. The van der Waals surface area contributed by atoms with E-state index in [1.54, 1.807) is 0 Å². The molecule has 0 saturated heterocycles. The van der Waals surface area contributed by atoms with Crippen LogP contribution in [-0.4, -0.2) is 4.57 Å². The quantitative estimate of drug-likeness (QED) is 0.708. The van der Waals surface area contributed by atoms with Crippen LogP contribution in [0.5, 0.6) is 0 Å². The summed E-state index contributed by atoms with van der Waals surface area (Å²) in [6.07, 6.45) is 0. The molecule has 0 N–H and O–H groups in total. The highest BCUT2D eigenvalue weighted by atomic mass is 15.0. The molecule has 1 aromatic heterocycles. The normalized spacial score (nSPS) is 9.50. The number of aromatic nitrogens is 1. The summed E-state index contributed by atoms with van der Waals surface area (Å²) in [5, 5.41) is 0. The highest BCUT2D eigenvalue weighted by molar-refractivity contribution is 5.20. The van der Waals surface area contributed by atoms with E-state index in [0.717, 1.165) is 6.54 Å². The molecule has 86 valence electrons. The topological polar surface area (TPSA) is 4.93 Å². The summed E-state index contributed by atoms with van der Waals surface area (Å²) in [6.45, 7) is 9.28. The van der Waals surface area contributed by atoms with Crippen molar-refractivity contribution in [1.82, 2.24) is 4.57 Å². The van der Waals surface area contributed by atoms with Gasteiger partial charge in [-0.1, -0.05) is 44.2 Å². The van der Waals surface area contributed by atoms with Crippen molar-refractivity contribution in [2.45, 2.75) is 34.2 Å². The zero-order chi connectivity index (χ0) is 12.0. The van der Waals surface area contributed by atoms with Crippen molar-refractivity contribution in [2.24, 2.45) is 0 Å². The first-order chi connectivity index (χ1) is 7.77. The lowest BCUT2D eigenvalue weighted by Gasteiger charge is -2.08. The lowest BCUT2D eigenvalue weighted by molar-refractivity contribution is 0.749. The van der Waals surface area contributed by atoms with Gasteiger partial charge in [0.15, 0.2) is 0 Å². The molecule has 0 fully saturated rings. The van der Waals surface area contributed by atoms with Gasteiger partial charge in [0.1, 0.15) is 0 Å². The molecule has 1 heteroatoms. The minimum atomic E-state index is 0.978. The lowest BCUT2D eigenvalue weighted by atomic mass is 10.2. The Hall–Kier alpha value is -1.50. The van der Waals surface area contributed by atoms with Gasteiger partial charge in [-0.3, -0.25) is 0 Å².